The summed E-state index contributed by atoms with van der Waals surface area (Å²) in [6, 6.07) is 2.60. The Bertz CT molecular complexity index is 482. The third-order valence-electron chi connectivity index (χ3n) is 5.04. The maximum absolute atomic E-state index is 12.8. The molecule has 2 fully saturated rings. The maximum Gasteiger partial charge on any atom is 0.235 e. The molecule has 0 radical (unpaired) electrons. The predicted octanol–water partition coefficient (Wildman–Crippen LogP) is 2.97. The molecular formula is C16H24N2OS2. The second kappa shape index (κ2) is 6.31. The normalized spacial score (nSPS) is 24.8. The quantitative estimate of drug-likeness (QED) is 0.904. The van der Waals surface area contributed by atoms with Crippen molar-refractivity contribution in [3.63, 3.8) is 0 Å². The van der Waals surface area contributed by atoms with Gasteiger partial charge < -0.3 is 10.2 Å². The van der Waals surface area contributed by atoms with Crippen LogP contribution in [0.4, 0.5) is 0 Å². The molecule has 1 aromatic heterocycles. The van der Waals surface area contributed by atoms with E-state index >= 15 is 0 Å². The van der Waals surface area contributed by atoms with Crippen LogP contribution in [-0.2, 0) is 11.3 Å². The molecule has 2 unspecified atom stereocenters. The smallest absolute Gasteiger partial charge is 0.235 e. The van der Waals surface area contributed by atoms with E-state index in [1.807, 2.05) is 13.2 Å². The maximum atomic E-state index is 12.8. The summed E-state index contributed by atoms with van der Waals surface area (Å²) in [7, 11) is 0. The van der Waals surface area contributed by atoms with Crippen molar-refractivity contribution in [2.75, 3.05) is 19.3 Å². The zero-order chi connectivity index (χ0) is 14.9. The molecule has 21 heavy (non-hydrogen) atoms. The second-order valence-corrected chi connectivity index (χ2v) is 8.27. The molecule has 5 heteroatoms. The van der Waals surface area contributed by atoms with Crippen molar-refractivity contribution in [2.45, 2.75) is 44.0 Å². The zero-order valence-corrected chi connectivity index (χ0v) is 14.4. The lowest BCUT2D eigenvalue weighted by atomic mass is 9.93. The van der Waals surface area contributed by atoms with Crippen molar-refractivity contribution < 1.29 is 4.79 Å². The first-order valence-electron chi connectivity index (χ1n) is 7.71. The molecule has 0 aromatic carbocycles. The number of nitrogens with one attached hydrogen (secondary N) is 1. The van der Waals surface area contributed by atoms with Crippen LogP contribution in [0.3, 0.4) is 0 Å². The number of hydrogen-bond acceptors (Lipinski definition) is 4. The first-order valence-corrected chi connectivity index (χ1v) is 9.94. The molecule has 2 aliphatic rings. The minimum absolute atomic E-state index is 0.0583. The van der Waals surface area contributed by atoms with Crippen LogP contribution in [0.5, 0.6) is 0 Å². The molecule has 1 aliphatic heterocycles. The van der Waals surface area contributed by atoms with Gasteiger partial charge in [-0.05, 0) is 73.3 Å². The highest BCUT2D eigenvalue weighted by atomic mass is 32.2. The van der Waals surface area contributed by atoms with Crippen LogP contribution >= 0.6 is 23.1 Å². The number of thiophene rings is 1. The van der Waals surface area contributed by atoms with E-state index in [4.69, 9.17) is 0 Å². The number of piperidine rings is 1. The summed E-state index contributed by atoms with van der Waals surface area (Å²) in [5.74, 6) is 0.314. The zero-order valence-electron chi connectivity index (χ0n) is 12.8. The molecule has 116 valence electrons. The Morgan fingerprint density at radius 3 is 2.95 bits per heavy atom. The third-order valence-corrected chi connectivity index (χ3v) is 6.68. The van der Waals surface area contributed by atoms with Crippen LogP contribution in [0.1, 0.15) is 31.7 Å². The van der Waals surface area contributed by atoms with Gasteiger partial charge in [0.15, 0.2) is 0 Å². The Balaban J connectivity index is 1.75. The number of amides is 1. The van der Waals surface area contributed by atoms with E-state index in [1.165, 1.54) is 24.8 Å². The predicted molar refractivity (Wildman–Crippen MR) is 90.8 cm³/mol. The van der Waals surface area contributed by atoms with Gasteiger partial charge in [-0.2, -0.15) is 23.1 Å². The van der Waals surface area contributed by atoms with Gasteiger partial charge in [0.25, 0.3) is 0 Å². The van der Waals surface area contributed by atoms with Crippen LogP contribution in [0, 0.1) is 5.41 Å². The topological polar surface area (TPSA) is 32.3 Å². The van der Waals surface area contributed by atoms with Gasteiger partial charge in [0.1, 0.15) is 0 Å². The van der Waals surface area contributed by atoms with E-state index in [0.717, 1.165) is 19.6 Å². The fourth-order valence-corrected chi connectivity index (χ4v) is 4.48. The second-order valence-electron chi connectivity index (χ2n) is 6.31. The third kappa shape index (κ3) is 3.15. The number of hydrogen-bond donors (Lipinski definition) is 1. The van der Waals surface area contributed by atoms with E-state index in [1.54, 1.807) is 23.1 Å². The Morgan fingerprint density at radius 1 is 1.57 bits per heavy atom. The van der Waals surface area contributed by atoms with Gasteiger partial charge in [-0.1, -0.05) is 0 Å². The van der Waals surface area contributed by atoms with Gasteiger partial charge in [-0.3, -0.25) is 4.79 Å². The largest absolute Gasteiger partial charge is 0.334 e. The molecule has 1 N–H and O–H groups in total. The molecule has 2 atom stereocenters. The summed E-state index contributed by atoms with van der Waals surface area (Å²) >= 11 is 3.37. The summed E-state index contributed by atoms with van der Waals surface area (Å²) < 4.78 is 0. The monoisotopic (exact) mass is 324 g/mol. The fraction of sp³-hybridized carbons (Fsp3) is 0.688. The van der Waals surface area contributed by atoms with Crippen LogP contribution in [0.25, 0.3) is 0 Å². The minimum Gasteiger partial charge on any atom is -0.334 e. The average molecular weight is 325 g/mol. The standard InChI is InChI=1S/C16H24N2OS2/c1-12(20-2)15(19)18(10-13-3-8-21-11-13)14-9-16(14)4-6-17-7-5-16/h3,8,11-12,14,17H,4-7,9-10H2,1-2H3. The number of nitrogens with zero attached hydrogens (tertiary/aromatic N) is 1. The Hall–Kier alpha value is -0.520. The van der Waals surface area contributed by atoms with Crippen molar-refractivity contribution in [3.8, 4) is 0 Å². The Morgan fingerprint density at radius 2 is 2.33 bits per heavy atom. The summed E-state index contributed by atoms with van der Waals surface area (Å²) in [6.07, 6.45) is 5.67. The van der Waals surface area contributed by atoms with Gasteiger partial charge in [-0.15, -0.1) is 0 Å². The van der Waals surface area contributed by atoms with Gasteiger partial charge in [0.05, 0.1) is 5.25 Å². The summed E-state index contributed by atoms with van der Waals surface area (Å²) in [6.45, 7) is 5.03. The van der Waals surface area contributed by atoms with Crippen molar-refractivity contribution >= 4 is 29.0 Å². The summed E-state index contributed by atoms with van der Waals surface area (Å²) in [4.78, 5) is 15.0. The van der Waals surface area contributed by atoms with E-state index < -0.39 is 0 Å². The molecule has 1 spiro atoms. The molecule has 1 saturated carbocycles. The summed E-state index contributed by atoms with van der Waals surface area (Å²) in [5.41, 5.74) is 1.69. The molecule has 3 rings (SSSR count). The molecule has 3 nitrogen and oxygen atoms in total. The number of carbonyl (C=O) groups excluding carboxylic acids is 1. The van der Waals surface area contributed by atoms with E-state index in [9.17, 15) is 4.79 Å². The van der Waals surface area contributed by atoms with Crippen molar-refractivity contribution in [1.29, 1.82) is 0 Å². The van der Waals surface area contributed by atoms with Crippen LogP contribution in [0.15, 0.2) is 16.8 Å². The molecule has 2 heterocycles. The minimum atomic E-state index is 0.0583. The average Bonchev–Trinajstić information content (AvgIpc) is 2.96. The molecule has 1 aromatic rings. The molecular weight excluding hydrogens is 300 g/mol. The lowest BCUT2D eigenvalue weighted by molar-refractivity contribution is -0.132. The highest BCUT2D eigenvalue weighted by Crippen LogP contribution is 2.56. The number of rotatable bonds is 5. The van der Waals surface area contributed by atoms with Gasteiger partial charge >= 0.3 is 0 Å². The van der Waals surface area contributed by atoms with E-state index in [0.29, 0.717) is 17.4 Å². The van der Waals surface area contributed by atoms with Crippen LogP contribution < -0.4 is 5.32 Å². The highest BCUT2D eigenvalue weighted by molar-refractivity contribution is 7.99. The Labute approximate surface area is 135 Å². The fourth-order valence-electron chi connectivity index (χ4n) is 3.48. The van der Waals surface area contributed by atoms with Crippen molar-refractivity contribution in [1.82, 2.24) is 10.2 Å². The first-order chi connectivity index (χ1) is 10.2. The molecule has 0 bridgehead atoms. The van der Waals surface area contributed by atoms with E-state index in [-0.39, 0.29) is 5.25 Å². The molecule has 1 aliphatic carbocycles. The Kier molecular flexibility index (Phi) is 4.62. The molecule has 1 amide bonds. The van der Waals surface area contributed by atoms with Gasteiger partial charge in [0.2, 0.25) is 5.91 Å². The van der Waals surface area contributed by atoms with E-state index in [2.05, 4.69) is 27.0 Å². The van der Waals surface area contributed by atoms with Crippen LogP contribution in [-0.4, -0.2) is 41.4 Å². The SMILES string of the molecule is CSC(C)C(=O)N(Cc1ccsc1)C1CC12CCNCC2. The van der Waals surface area contributed by atoms with Crippen molar-refractivity contribution in [3.05, 3.63) is 22.4 Å². The van der Waals surface area contributed by atoms with Gasteiger partial charge in [0, 0.05) is 12.6 Å². The molecule has 1 saturated heterocycles. The van der Waals surface area contributed by atoms with Crippen molar-refractivity contribution in [2.24, 2.45) is 5.41 Å². The number of carbonyl (C=O) groups is 1. The van der Waals surface area contributed by atoms with Gasteiger partial charge in [-0.25, -0.2) is 0 Å². The summed E-state index contributed by atoms with van der Waals surface area (Å²) in [5, 5.41) is 7.77. The first kappa shape index (κ1) is 15.4. The van der Waals surface area contributed by atoms with Crippen LogP contribution in [0.2, 0.25) is 0 Å². The number of thioether (sulfide) groups is 1. The lowest BCUT2D eigenvalue weighted by Gasteiger charge is -2.31. The lowest BCUT2D eigenvalue weighted by Crippen LogP contribution is -2.42. The highest BCUT2D eigenvalue weighted by Gasteiger charge is 2.57.